The second-order valence-corrected chi connectivity index (χ2v) is 2.59. The van der Waals surface area contributed by atoms with Crippen LogP contribution < -0.4 is 5.73 Å². The normalized spacial score (nSPS) is 10.3. The average molecular weight is 171 g/mol. The Hall–Kier alpha value is -0.960. The van der Waals surface area contributed by atoms with Crippen LogP contribution in [0, 0.1) is 11.6 Å². The first-order chi connectivity index (χ1) is 5.69. The van der Waals surface area contributed by atoms with E-state index in [1.54, 1.807) is 0 Å². The maximum Gasteiger partial charge on any atom is 0.130 e. The third-order valence-electron chi connectivity index (χ3n) is 1.82. The highest BCUT2D eigenvalue weighted by atomic mass is 19.1. The fourth-order valence-corrected chi connectivity index (χ4v) is 1.07. The van der Waals surface area contributed by atoms with Gasteiger partial charge in [0.1, 0.15) is 11.6 Å². The zero-order chi connectivity index (χ0) is 9.14. The lowest BCUT2D eigenvalue weighted by Crippen LogP contribution is -2.02. The summed E-state index contributed by atoms with van der Waals surface area (Å²) in [6.07, 6.45) is 0.555. The molecule has 0 amide bonds. The topological polar surface area (TPSA) is 26.0 Å². The van der Waals surface area contributed by atoms with Gasteiger partial charge in [-0.1, -0.05) is 6.92 Å². The number of hydrogen-bond acceptors (Lipinski definition) is 1. The smallest absolute Gasteiger partial charge is 0.130 e. The SMILES string of the molecule is CCc1cc(CN)c(F)cc1F. The Bertz CT molecular complexity index is 259. The summed E-state index contributed by atoms with van der Waals surface area (Å²) in [4.78, 5) is 0. The Labute approximate surface area is 70.2 Å². The minimum atomic E-state index is -0.563. The summed E-state index contributed by atoms with van der Waals surface area (Å²) < 4.78 is 25.7. The van der Waals surface area contributed by atoms with Gasteiger partial charge in [0.25, 0.3) is 0 Å². The summed E-state index contributed by atoms with van der Waals surface area (Å²) >= 11 is 0. The summed E-state index contributed by atoms with van der Waals surface area (Å²) in [6, 6.07) is 2.37. The molecule has 1 aromatic carbocycles. The van der Waals surface area contributed by atoms with E-state index in [1.807, 2.05) is 6.92 Å². The van der Waals surface area contributed by atoms with Crippen LogP contribution in [0.2, 0.25) is 0 Å². The zero-order valence-electron chi connectivity index (χ0n) is 6.90. The largest absolute Gasteiger partial charge is 0.326 e. The Kier molecular flexibility index (Phi) is 2.76. The van der Waals surface area contributed by atoms with Crippen molar-refractivity contribution < 1.29 is 8.78 Å². The maximum absolute atomic E-state index is 12.9. The molecule has 1 aromatic rings. The minimum Gasteiger partial charge on any atom is -0.326 e. The van der Waals surface area contributed by atoms with Gasteiger partial charge in [0.15, 0.2) is 0 Å². The van der Waals surface area contributed by atoms with E-state index in [0.717, 1.165) is 6.07 Å². The van der Waals surface area contributed by atoms with Crippen LogP contribution in [0.4, 0.5) is 8.78 Å². The summed E-state index contributed by atoms with van der Waals surface area (Å²) in [5.74, 6) is -1.06. The van der Waals surface area contributed by atoms with E-state index in [9.17, 15) is 8.78 Å². The molecule has 0 heterocycles. The first-order valence-corrected chi connectivity index (χ1v) is 3.86. The van der Waals surface area contributed by atoms with Gasteiger partial charge in [0.2, 0.25) is 0 Å². The number of rotatable bonds is 2. The van der Waals surface area contributed by atoms with Gasteiger partial charge in [-0.15, -0.1) is 0 Å². The van der Waals surface area contributed by atoms with Crippen LogP contribution >= 0.6 is 0 Å². The lowest BCUT2D eigenvalue weighted by Gasteiger charge is -2.04. The molecule has 66 valence electrons. The molecule has 1 nitrogen and oxygen atoms in total. The van der Waals surface area contributed by atoms with Gasteiger partial charge in [-0.05, 0) is 18.1 Å². The van der Waals surface area contributed by atoms with Gasteiger partial charge in [-0.3, -0.25) is 0 Å². The van der Waals surface area contributed by atoms with E-state index in [1.165, 1.54) is 6.07 Å². The van der Waals surface area contributed by atoms with Crippen LogP contribution in [0.3, 0.4) is 0 Å². The van der Waals surface area contributed by atoms with Crippen LogP contribution in [-0.2, 0) is 13.0 Å². The van der Waals surface area contributed by atoms with Gasteiger partial charge in [0.05, 0.1) is 0 Å². The van der Waals surface area contributed by atoms with E-state index in [0.29, 0.717) is 17.5 Å². The lowest BCUT2D eigenvalue weighted by molar-refractivity contribution is 0.563. The second-order valence-electron chi connectivity index (χ2n) is 2.59. The molecule has 3 heteroatoms. The van der Waals surface area contributed by atoms with Crippen molar-refractivity contribution in [3.05, 3.63) is 34.9 Å². The molecular formula is C9H11F2N. The molecule has 12 heavy (non-hydrogen) atoms. The first kappa shape index (κ1) is 9.13. The van der Waals surface area contributed by atoms with Crippen molar-refractivity contribution >= 4 is 0 Å². The van der Waals surface area contributed by atoms with Gasteiger partial charge < -0.3 is 5.73 Å². The molecule has 0 unspecified atom stereocenters. The number of benzene rings is 1. The van der Waals surface area contributed by atoms with Crippen LogP contribution in [0.25, 0.3) is 0 Å². The molecule has 1 rings (SSSR count). The van der Waals surface area contributed by atoms with Gasteiger partial charge in [-0.25, -0.2) is 8.78 Å². The molecule has 0 atom stereocenters. The average Bonchev–Trinajstić information content (AvgIpc) is 2.05. The van der Waals surface area contributed by atoms with E-state index < -0.39 is 11.6 Å². The fourth-order valence-electron chi connectivity index (χ4n) is 1.07. The van der Waals surface area contributed by atoms with Gasteiger partial charge in [-0.2, -0.15) is 0 Å². The van der Waals surface area contributed by atoms with E-state index >= 15 is 0 Å². The Morgan fingerprint density at radius 2 is 1.75 bits per heavy atom. The summed E-state index contributed by atoms with van der Waals surface area (Å²) in [7, 11) is 0. The molecule has 0 bridgehead atoms. The molecule has 0 fully saturated rings. The Morgan fingerprint density at radius 3 is 2.25 bits per heavy atom. The van der Waals surface area contributed by atoms with E-state index in [2.05, 4.69) is 0 Å². The van der Waals surface area contributed by atoms with Gasteiger partial charge >= 0.3 is 0 Å². The molecule has 2 N–H and O–H groups in total. The van der Waals surface area contributed by atoms with Crippen molar-refractivity contribution in [1.82, 2.24) is 0 Å². The predicted octanol–water partition coefficient (Wildman–Crippen LogP) is 1.99. The van der Waals surface area contributed by atoms with Crippen molar-refractivity contribution in [3.8, 4) is 0 Å². The van der Waals surface area contributed by atoms with Crippen molar-refractivity contribution in [2.75, 3.05) is 0 Å². The lowest BCUT2D eigenvalue weighted by atomic mass is 10.1. The molecule has 0 aliphatic carbocycles. The van der Waals surface area contributed by atoms with Gasteiger partial charge in [0, 0.05) is 18.2 Å². The highest BCUT2D eigenvalue weighted by Crippen LogP contribution is 2.14. The third kappa shape index (κ3) is 1.61. The van der Waals surface area contributed by atoms with Crippen LogP contribution in [0.5, 0.6) is 0 Å². The summed E-state index contributed by atoms with van der Waals surface area (Å²) in [5.41, 5.74) is 6.14. The first-order valence-electron chi connectivity index (χ1n) is 3.86. The highest BCUT2D eigenvalue weighted by molar-refractivity contribution is 5.26. The third-order valence-corrected chi connectivity index (χ3v) is 1.82. The molecule has 0 radical (unpaired) electrons. The standard InChI is InChI=1S/C9H11F2N/c1-2-6-3-7(5-12)9(11)4-8(6)10/h3-4H,2,5,12H2,1H3. The molecule has 0 saturated heterocycles. The van der Waals surface area contributed by atoms with Crippen LogP contribution in [0.1, 0.15) is 18.1 Å². The molecule has 0 saturated carbocycles. The number of nitrogens with two attached hydrogens (primary N) is 1. The number of aryl methyl sites for hydroxylation is 1. The van der Waals surface area contributed by atoms with Crippen molar-refractivity contribution in [2.24, 2.45) is 5.73 Å². The predicted molar refractivity (Wildman–Crippen MR) is 43.6 cm³/mol. The molecular weight excluding hydrogens is 160 g/mol. The monoisotopic (exact) mass is 171 g/mol. The number of halogens is 2. The molecule has 0 spiro atoms. The molecule has 0 aliphatic rings. The minimum absolute atomic E-state index is 0.110. The highest BCUT2D eigenvalue weighted by Gasteiger charge is 2.06. The van der Waals surface area contributed by atoms with Crippen molar-refractivity contribution in [2.45, 2.75) is 19.9 Å². The summed E-state index contributed by atoms with van der Waals surface area (Å²) in [6.45, 7) is 1.93. The quantitative estimate of drug-likeness (QED) is 0.723. The summed E-state index contributed by atoms with van der Waals surface area (Å²) in [5, 5.41) is 0. The zero-order valence-corrected chi connectivity index (χ0v) is 6.90. The second kappa shape index (κ2) is 3.63. The van der Waals surface area contributed by atoms with Crippen LogP contribution in [0.15, 0.2) is 12.1 Å². The molecule has 0 aliphatic heterocycles. The van der Waals surface area contributed by atoms with Crippen molar-refractivity contribution in [1.29, 1.82) is 0 Å². The Balaban J connectivity index is 3.18. The Morgan fingerprint density at radius 1 is 1.17 bits per heavy atom. The maximum atomic E-state index is 12.9. The fraction of sp³-hybridized carbons (Fsp3) is 0.333. The van der Waals surface area contributed by atoms with Crippen LogP contribution in [-0.4, -0.2) is 0 Å². The van der Waals surface area contributed by atoms with Crippen molar-refractivity contribution in [3.63, 3.8) is 0 Å². The molecule has 0 aromatic heterocycles. The van der Waals surface area contributed by atoms with E-state index in [-0.39, 0.29) is 6.54 Å². The number of hydrogen-bond donors (Lipinski definition) is 1. The van der Waals surface area contributed by atoms with E-state index in [4.69, 9.17) is 5.73 Å².